The Kier molecular flexibility index (Phi) is 8.17. The van der Waals surface area contributed by atoms with Gasteiger partial charge in [-0.05, 0) is 18.6 Å². The number of hydrogen-bond acceptors (Lipinski definition) is 8. The molecule has 13 heteroatoms. The van der Waals surface area contributed by atoms with E-state index in [9.17, 15) is 23.5 Å². The van der Waals surface area contributed by atoms with E-state index in [1.807, 2.05) is 0 Å². The van der Waals surface area contributed by atoms with Gasteiger partial charge < -0.3 is 15.2 Å². The molecule has 1 aromatic carbocycles. The highest BCUT2D eigenvalue weighted by molar-refractivity contribution is 7.11. The largest absolute Gasteiger partial charge is 0.481 e. The molecule has 1 aromatic heterocycles. The minimum Gasteiger partial charge on any atom is -0.481 e. The van der Waals surface area contributed by atoms with Crippen LogP contribution < -0.4 is 5.32 Å². The fourth-order valence-corrected chi connectivity index (χ4v) is 5.66. The van der Waals surface area contributed by atoms with Crippen LogP contribution in [0, 0.1) is 5.92 Å². The number of carbonyl (C=O) groups excluding carboxylic acids is 1. The van der Waals surface area contributed by atoms with Crippen LogP contribution in [-0.4, -0.2) is 64.9 Å². The number of carbonyl (C=O) groups is 2. The first-order chi connectivity index (χ1) is 17.5. The van der Waals surface area contributed by atoms with Gasteiger partial charge in [-0.1, -0.05) is 36.2 Å². The minimum atomic E-state index is -3.01. The van der Waals surface area contributed by atoms with Crippen molar-refractivity contribution in [3.63, 3.8) is 0 Å². The third kappa shape index (κ3) is 6.11. The van der Waals surface area contributed by atoms with Crippen LogP contribution in [0.3, 0.4) is 0 Å². The van der Waals surface area contributed by atoms with Crippen LogP contribution in [0.2, 0.25) is 10.0 Å². The van der Waals surface area contributed by atoms with Crippen LogP contribution >= 0.6 is 34.5 Å². The Morgan fingerprint density at radius 3 is 2.76 bits per heavy atom. The third-order valence-electron chi connectivity index (χ3n) is 6.32. The summed E-state index contributed by atoms with van der Waals surface area (Å²) in [6.45, 7) is 0.809. The Hall–Kier alpha value is -2.60. The second-order valence-electron chi connectivity index (χ2n) is 8.99. The Morgan fingerprint density at radius 2 is 2.14 bits per heavy atom. The average molecular weight is 573 g/mol. The predicted octanol–water partition coefficient (Wildman–Crippen LogP) is 4.79. The lowest BCUT2D eigenvalue weighted by Gasteiger charge is -2.31. The maximum atomic E-state index is 14.5. The van der Waals surface area contributed by atoms with E-state index in [-0.39, 0.29) is 23.6 Å². The van der Waals surface area contributed by atoms with Crippen LogP contribution in [0.4, 0.5) is 8.78 Å². The fourth-order valence-electron chi connectivity index (χ4n) is 4.56. The molecule has 37 heavy (non-hydrogen) atoms. The maximum absolute atomic E-state index is 14.5. The predicted molar refractivity (Wildman–Crippen MR) is 136 cm³/mol. The average Bonchev–Trinajstić information content (AvgIpc) is 3.46. The highest BCUT2D eigenvalue weighted by atomic mass is 35.5. The highest BCUT2D eigenvalue weighted by Gasteiger charge is 2.46. The van der Waals surface area contributed by atoms with Gasteiger partial charge in [0.15, 0.2) is 10.8 Å². The molecular formula is C24H24Cl2F2N4O4S. The topological polar surface area (TPSA) is 104 Å². The molecule has 2 aliphatic rings. The zero-order valence-corrected chi connectivity index (χ0v) is 22.2. The van der Waals surface area contributed by atoms with Crippen molar-refractivity contribution in [1.82, 2.24) is 15.2 Å². The molecule has 3 atom stereocenters. The van der Waals surface area contributed by atoms with Crippen molar-refractivity contribution in [2.75, 3.05) is 20.2 Å². The number of alkyl halides is 2. The Morgan fingerprint density at radius 1 is 1.38 bits per heavy atom. The Labute approximate surface area is 225 Å². The number of benzene rings is 1. The van der Waals surface area contributed by atoms with Crippen molar-refractivity contribution in [2.45, 2.75) is 37.8 Å². The van der Waals surface area contributed by atoms with E-state index < -0.39 is 48.8 Å². The van der Waals surface area contributed by atoms with Gasteiger partial charge in [0.1, 0.15) is 6.04 Å². The first kappa shape index (κ1) is 27.4. The van der Waals surface area contributed by atoms with Crippen molar-refractivity contribution >= 4 is 52.3 Å². The van der Waals surface area contributed by atoms with Gasteiger partial charge in [0.2, 0.25) is 0 Å². The summed E-state index contributed by atoms with van der Waals surface area (Å²) in [5.41, 5.74) is 0.878. The molecule has 8 nitrogen and oxygen atoms in total. The van der Waals surface area contributed by atoms with E-state index in [0.717, 1.165) is 0 Å². The summed E-state index contributed by atoms with van der Waals surface area (Å²) in [6.07, 6.45) is 1.15. The van der Waals surface area contributed by atoms with Crippen LogP contribution in [0.15, 0.2) is 46.0 Å². The zero-order valence-electron chi connectivity index (χ0n) is 19.9. The number of amidine groups is 1. The highest BCUT2D eigenvalue weighted by Crippen LogP contribution is 2.40. The molecule has 4 rings (SSSR count). The number of rotatable bonds is 8. The van der Waals surface area contributed by atoms with Gasteiger partial charge in [0.25, 0.3) is 5.92 Å². The van der Waals surface area contributed by atoms with E-state index >= 15 is 0 Å². The Balaban J connectivity index is 1.79. The fraction of sp³-hybridized carbons (Fsp3) is 0.417. The second-order valence-corrected chi connectivity index (χ2v) is 10.7. The number of aliphatic imine (C=N–C) groups is 1. The van der Waals surface area contributed by atoms with Crippen molar-refractivity contribution < 1.29 is 28.2 Å². The van der Waals surface area contributed by atoms with Crippen molar-refractivity contribution in [1.29, 1.82) is 0 Å². The number of thiazole rings is 1. The lowest BCUT2D eigenvalue weighted by molar-refractivity contribution is -0.141. The van der Waals surface area contributed by atoms with Gasteiger partial charge in [-0.3, -0.25) is 14.7 Å². The molecule has 3 heterocycles. The summed E-state index contributed by atoms with van der Waals surface area (Å²) in [5, 5.41) is 15.4. The number of aliphatic carboxylic acids is 1. The molecule has 0 spiro atoms. The first-order valence-electron chi connectivity index (χ1n) is 11.3. The van der Waals surface area contributed by atoms with E-state index in [4.69, 9.17) is 32.9 Å². The van der Waals surface area contributed by atoms with Crippen LogP contribution in [0.25, 0.3) is 0 Å². The van der Waals surface area contributed by atoms with E-state index in [1.165, 1.54) is 36.3 Å². The number of esters is 1. The molecular weight excluding hydrogens is 549 g/mol. The van der Waals surface area contributed by atoms with Crippen LogP contribution in [0.1, 0.15) is 36.4 Å². The molecule has 0 aliphatic carbocycles. The smallest absolute Gasteiger partial charge is 0.338 e. The number of carboxylic acid groups (broad SMARTS) is 1. The van der Waals surface area contributed by atoms with Crippen LogP contribution in [-0.2, 0) is 14.3 Å². The monoisotopic (exact) mass is 572 g/mol. The number of aromatic nitrogens is 1. The molecule has 0 radical (unpaired) electrons. The lowest BCUT2D eigenvalue weighted by Crippen LogP contribution is -2.42. The molecule has 2 aromatic rings. The van der Waals surface area contributed by atoms with Gasteiger partial charge in [0, 0.05) is 51.9 Å². The quantitative estimate of drug-likeness (QED) is 0.438. The van der Waals surface area contributed by atoms with Crippen molar-refractivity contribution in [3.8, 4) is 0 Å². The van der Waals surface area contributed by atoms with E-state index in [1.54, 1.807) is 23.7 Å². The third-order valence-corrected chi connectivity index (χ3v) is 7.66. The Bertz CT molecular complexity index is 1260. The van der Waals surface area contributed by atoms with Gasteiger partial charge in [-0.2, -0.15) is 0 Å². The number of ether oxygens (including phenoxy) is 1. The summed E-state index contributed by atoms with van der Waals surface area (Å²) in [4.78, 5) is 35.0. The number of halogens is 4. The SMILES string of the molecule is COC(=O)C1=C(CN2CC(F)(F)C[C@H]2CC(C)C(=O)O)NC(c2nccs2)=N[C@H]1c1ccc(Cl)cc1Cl. The number of methoxy groups -OCH3 is 1. The van der Waals surface area contributed by atoms with Gasteiger partial charge in [0.05, 0.1) is 25.1 Å². The van der Waals surface area contributed by atoms with Crippen molar-refractivity contribution in [2.24, 2.45) is 10.9 Å². The lowest BCUT2D eigenvalue weighted by atomic mass is 9.94. The summed E-state index contributed by atoms with van der Waals surface area (Å²) in [6, 6.07) is 3.15. The number of likely N-dealkylation sites (tertiary alicyclic amines) is 1. The molecule has 2 aliphatic heterocycles. The molecule has 0 bridgehead atoms. The number of hydrogen-bond donors (Lipinski definition) is 2. The molecule has 1 unspecified atom stereocenters. The maximum Gasteiger partial charge on any atom is 0.338 e. The molecule has 1 saturated heterocycles. The number of carboxylic acids is 1. The molecule has 1 fully saturated rings. The summed E-state index contributed by atoms with van der Waals surface area (Å²) in [7, 11) is 1.22. The van der Waals surface area contributed by atoms with Gasteiger partial charge in [-0.15, -0.1) is 11.3 Å². The molecule has 0 amide bonds. The van der Waals surface area contributed by atoms with E-state index in [2.05, 4.69) is 10.3 Å². The molecule has 0 saturated carbocycles. The normalized spacial score (nSPS) is 22.4. The van der Waals surface area contributed by atoms with Crippen LogP contribution in [0.5, 0.6) is 0 Å². The zero-order chi connectivity index (χ0) is 26.9. The standard InChI is InChI=1S/C24H24Cl2F2N4O4S/c1-12(22(33)34)7-14-9-24(27,28)11-32(14)10-17-18(23(35)36-2)19(15-4-3-13(25)8-16(15)26)31-20(30-17)21-29-5-6-37-21/h3-6,8,12,14,19H,7,9-11H2,1-2H3,(H,30,31)(H,33,34)/t12?,14-,19+/m1/s1. The first-order valence-corrected chi connectivity index (χ1v) is 13.0. The number of nitrogens with zero attached hydrogens (tertiary/aromatic N) is 3. The molecule has 2 N–H and O–H groups in total. The number of nitrogens with one attached hydrogen (secondary N) is 1. The summed E-state index contributed by atoms with van der Waals surface area (Å²) < 4.78 is 34.1. The van der Waals surface area contributed by atoms with Crippen molar-refractivity contribution in [3.05, 3.63) is 61.7 Å². The summed E-state index contributed by atoms with van der Waals surface area (Å²) >= 11 is 13.9. The van der Waals surface area contributed by atoms with Gasteiger partial charge in [-0.25, -0.2) is 18.6 Å². The summed E-state index contributed by atoms with van der Waals surface area (Å²) in [5.74, 6) is -5.25. The minimum absolute atomic E-state index is 0.0334. The second kappa shape index (κ2) is 11.0. The van der Waals surface area contributed by atoms with E-state index in [0.29, 0.717) is 27.1 Å². The molecule has 198 valence electrons. The van der Waals surface area contributed by atoms with Gasteiger partial charge >= 0.3 is 11.9 Å².